The fourth-order valence-electron chi connectivity index (χ4n) is 3.69. The molecule has 2 aliphatic rings. The quantitative estimate of drug-likeness (QED) is 0.824. The van der Waals surface area contributed by atoms with E-state index in [1.54, 1.807) is 5.56 Å². The summed E-state index contributed by atoms with van der Waals surface area (Å²) in [6.07, 6.45) is 6.98. The van der Waals surface area contributed by atoms with Gasteiger partial charge in [0.1, 0.15) is 0 Å². The van der Waals surface area contributed by atoms with E-state index in [4.69, 9.17) is 0 Å². The lowest BCUT2D eigenvalue weighted by Crippen LogP contribution is -2.55. The van der Waals surface area contributed by atoms with Gasteiger partial charge in [0.05, 0.1) is 0 Å². The van der Waals surface area contributed by atoms with Crippen LogP contribution in [0.3, 0.4) is 0 Å². The topological polar surface area (TPSA) is 6.48 Å². The lowest BCUT2D eigenvalue weighted by Gasteiger charge is -2.49. The number of likely N-dealkylation sites (N-methyl/N-ethyl adjacent to an activating group) is 1. The second-order valence-corrected chi connectivity index (χ2v) is 6.67. The molecule has 0 radical (unpaired) electrons. The van der Waals surface area contributed by atoms with Crippen LogP contribution in [0.5, 0.6) is 0 Å². The van der Waals surface area contributed by atoms with Crippen molar-refractivity contribution in [3.05, 3.63) is 22.4 Å². The van der Waals surface area contributed by atoms with E-state index in [9.17, 15) is 0 Å². The molecule has 0 aromatic carbocycles. The summed E-state index contributed by atoms with van der Waals surface area (Å²) in [4.78, 5) is 5.24. The van der Waals surface area contributed by atoms with Crippen LogP contribution < -0.4 is 0 Å². The van der Waals surface area contributed by atoms with Gasteiger partial charge in [-0.2, -0.15) is 11.3 Å². The molecule has 19 heavy (non-hydrogen) atoms. The molecule has 0 N–H and O–H groups in total. The lowest BCUT2D eigenvalue weighted by atomic mass is 9.76. The molecule has 1 saturated carbocycles. The van der Waals surface area contributed by atoms with Crippen molar-refractivity contribution in [1.29, 1.82) is 0 Å². The smallest absolute Gasteiger partial charge is 0.0469 e. The van der Waals surface area contributed by atoms with E-state index in [2.05, 4.69) is 33.7 Å². The van der Waals surface area contributed by atoms with Crippen molar-refractivity contribution < 1.29 is 0 Å². The monoisotopic (exact) mass is 300 g/mol. The Bertz CT molecular complexity index is 366. The van der Waals surface area contributed by atoms with Crippen LogP contribution in [0.15, 0.2) is 16.8 Å². The average Bonchev–Trinajstić information content (AvgIpc) is 2.95. The lowest BCUT2D eigenvalue weighted by molar-refractivity contribution is 0.0105. The van der Waals surface area contributed by atoms with E-state index in [1.807, 2.05) is 11.3 Å². The van der Waals surface area contributed by atoms with Crippen LogP contribution in [-0.2, 0) is 5.54 Å². The molecule has 108 valence electrons. The van der Waals surface area contributed by atoms with Crippen molar-refractivity contribution in [1.82, 2.24) is 9.80 Å². The molecule has 0 atom stereocenters. The van der Waals surface area contributed by atoms with E-state index < -0.39 is 0 Å². The van der Waals surface area contributed by atoms with Crippen LogP contribution in [0.4, 0.5) is 0 Å². The minimum absolute atomic E-state index is 0. The van der Waals surface area contributed by atoms with Crippen LogP contribution in [0.1, 0.15) is 37.7 Å². The molecule has 1 aromatic heterocycles. The minimum Gasteiger partial charge on any atom is -0.304 e. The van der Waals surface area contributed by atoms with Crippen molar-refractivity contribution in [3.8, 4) is 0 Å². The molecule has 1 aliphatic heterocycles. The Morgan fingerprint density at radius 1 is 1.05 bits per heavy atom. The summed E-state index contributed by atoms with van der Waals surface area (Å²) in [5.74, 6) is 0. The SMILES string of the molecule is CN1CCN(C2(c3ccsc3)CCCCC2)CC1.Cl. The highest BCUT2D eigenvalue weighted by atomic mass is 35.5. The Balaban J connectivity index is 0.00000133. The Kier molecular flexibility index (Phi) is 5.29. The van der Waals surface area contributed by atoms with E-state index in [0.717, 1.165) is 0 Å². The maximum absolute atomic E-state index is 2.79. The van der Waals surface area contributed by atoms with Crippen molar-refractivity contribution in [3.63, 3.8) is 0 Å². The Hall–Kier alpha value is -0.0900. The molecule has 1 aromatic rings. The largest absolute Gasteiger partial charge is 0.304 e. The number of piperazine rings is 1. The van der Waals surface area contributed by atoms with E-state index in [0.29, 0.717) is 5.54 Å². The summed E-state index contributed by atoms with van der Waals surface area (Å²) in [6.45, 7) is 4.94. The van der Waals surface area contributed by atoms with Gasteiger partial charge in [-0.05, 0) is 42.3 Å². The molecule has 4 heteroatoms. The number of thiophene rings is 1. The van der Waals surface area contributed by atoms with Crippen molar-refractivity contribution in [2.75, 3.05) is 33.2 Å². The Morgan fingerprint density at radius 2 is 1.74 bits per heavy atom. The molecule has 3 rings (SSSR count). The minimum atomic E-state index is 0. The predicted molar refractivity (Wildman–Crippen MR) is 85.4 cm³/mol. The molecular weight excluding hydrogens is 276 g/mol. The molecule has 1 saturated heterocycles. The number of hydrogen-bond acceptors (Lipinski definition) is 3. The van der Waals surface area contributed by atoms with Gasteiger partial charge in [0.25, 0.3) is 0 Å². The first-order chi connectivity index (χ1) is 8.81. The van der Waals surface area contributed by atoms with Gasteiger partial charge < -0.3 is 4.90 Å². The second kappa shape index (κ2) is 6.57. The van der Waals surface area contributed by atoms with Crippen molar-refractivity contribution in [2.24, 2.45) is 0 Å². The standard InChI is InChI=1S/C15H24N2S.ClH/c1-16-8-10-17(11-9-16)15(6-3-2-4-7-15)14-5-12-18-13-14;/h5,12-13H,2-4,6-11H2,1H3;1H. The van der Waals surface area contributed by atoms with Crippen LogP contribution in [0, 0.1) is 0 Å². The molecule has 0 unspecified atom stereocenters. The first-order valence-electron chi connectivity index (χ1n) is 7.27. The van der Waals surface area contributed by atoms with Gasteiger partial charge in [0.2, 0.25) is 0 Å². The summed E-state index contributed by atoms with van der Waals surface area (Å²) in [5.41, 5.74) is 1.97. The molecule has 2 nitrogen and oxygen atoms in total. The first-order valence-corrected chi connectivity index (χ1v) is 8.22. The van der Waals surface area contributed by atoms with Crippen LogP contribution >= 0.6 is 23.7 Å². The highest BCUT2D eigenvalue weighted by molar-refractivity contribution is 7.08. The molecule has 0 amide bonds. The zero-order valence-corrected chi connectivity index (χ0v) is 13.4. The van der Waals surface area contributed by atoms with E-state index in [1.165, 1.54) is 58.3 Å². The molecule has 2 fully saturated rings. The maximum Gasteiger partial charge on any atom is 0.0469 e. The zero-order valence-electron chi connectivity index (χ0n) is 11.8. The summed E-state index contributed by atoms with van der Waals surface area (Å²) >= 11 is 1.86. The Labute approximate surface area is 127 Å². The predicted octanol–water partition coefficient (Wildman–Crippen LogP) is 3.58. The molecule has 0 spiro atoms. The average molecular weight is 301 g/mol. The second-order valence-electron chi connectivity index (χ2n) is 5.89. The third-order valence-electron chi connectivity index (χ3n) is 4.85. The Morgan fingerprint density at radius 3 is 2.32 bits per heavy atom. The van der Waals surface area contributed by atoms with Gasteiger partial charge in [-0.1, -0.05) is 19.3 Å². The normalized spacial score (nSPS) is 24.9. The number of rotatable bonds is 2. The van der Waals surface area contributed by atoms with Gasteiger partial charge in [-0.3, -0.25) is 4.90 Å². The zero-order chi connectivity index (χ0) is 12.4. The molecule has 0 bridgehead atoms. The molecule has 2 heterocycles. The number of halogens is 1. The molecule has 1 aliphatic carbocycles. The van der Waals surface area contributed by atoms with Crippen LogP contribution in [0.25, 0.3) is 0 Å². The van der Waals surface area contributed by atoms with Gasteiger partial charge in [0, 0.05) is 31.7 Å². The fourth-order valence-corrected chi connectivity index (χ4v) is 4.44. The van der Waals surface area contributed by atoms with E-state index >= 15 is 0 Å². The van der Waals surface area contributed by atoms with Crippen LogP contribution in [0.2, 0.25) is 0 Å². The third-order valence-corrected chi connectivity index (χ3v) is 5.53. The summed E-state index contributed by atoms with van der Waals surface area (Å²) < 4.78 is 0. The van der Waals surface area contributed by atoms with Crippen molar-refractivity contribution >= 4 is 23.7 Å². The third kappa shape index (κ3) is 2.99. The first kappa shape index (κ1) is 15.3. The van der Waals surface area contributed by atoms with Crippen LogP contribution in [-0.4, -0.2) is 43.0 Å². The van der Waals surface area contributed by atoms with Gasteiger partial charge in [0.15, 0.2) is 0 Å². The van der Waals surface area contributed by atoms with E-state index in [-0.39, 0.29) is 12.4 Å². The number of nitrogens with zero attached hydrogens (tertiary/aromatic N) is 2. The van der Waals surface area contributed by atoms with Gasteiger partial charge >= 0.3 is 0 Å². The number of hydrogen-bond donors (Lipinski definition) is 0. The maximum atomic E-state index is 2.79. The van der Waals surface area contributed by atoms with Crippen molar-refractivity contribution in [2.45, 2.75) is 37.6 Å². The summed E-state index contributed by atoms with van der Waals surface area (Å²) in [7, 11) is 2.25. The highest BCUT2D eigenvalue weighted by Gasteiger charge is 2.40. The van der Waals surface area contributed by atoms with Gasteiger partial charge in [-0.25, -0.2) is 0 Å². The summed E-state index contributed by atoms with van der Waals surface area (Å²) in [5, 5.41) is 4.64. The fraction of sp³-hybridized carbons (Fsp3) is 0.733. The molecular formula is C15H25ClN2S. The highest BCUT2D eigenvalue weighted by Crippen LogP contribution is 2.43. The summed E-state index contributed by atoms with van der Waals surface area (Å²) in [6, 6.07) is 2.37. The van der Waals surface area contributed by atoms with Gasteiger partial charge in [-0.15, -0.1) is 12.4 Å².